The number of aryl methyl sites for hydroxylation is 1. The van der Waals surface area contributed by atoms with Gasteiger partial charge in [0.1, 0.15) is 11.0 Å². The van der Waals surface area contributed by atoms with Gasteiger partial charge in [0.2, 0.25) is 0 Å². The van der Waals surface area contributed by atoms with Crippen molar-refractivity contribution in [2.45, 2.75) is 6.92 Å². The van der Waals surface area contributed by atoms with E-state index >= 15 is 0 Å². The van der Waals surface area contributed by atoms with E-state index in [4.69, 9.17) is 27.6 Å². The first-order chi connectivity index (χ1) is 11.0. The number of rotatable bonds is 1. The fraction of sp³-hybridized carbons (Fsp3) is 0.0588. The smallest absolute Gasteiger partial charge is 0.347 e. The van der Waals surface area contributed by atoms with Crippen LogP contribution in [0, 0.1) is 6.92 Å². The SMILES string of the molecule is Cc1nn(-c2cc(Cl)cc(Cl)c2)c2c1c(=O)oc1ccccc12. The van der Waals surface area contributed by atoms with Gasteiger partial charge in [0.15, 0.2) is 0 Å². The summed E-state index contributed by atoms with van der Waals surface area (Å²) in [5.74, 6) is 0. The maximum Gasteiger partial charge on any atom is 0.347 e. The molecule has 4 rings (SSSR count). The van der Waals surface area contributed by atoms with Crippen LogP contribution in [0.25, 0.3) is 27.6 Å². The van der Waals surface area contributed by atoms with E-state index in [9.17, 15) is 4.79 Å². The van der Waals surface area contributed by atoms with Gasteiger partial charge in [-0.3, -0.25) is 0 Å². The Hall–Kier alpha value is -2.30. The molecule has 2 heterocycles. The molecule has 0 aliphatic carbocycles. The van der Waals surface area contributed by atoms with Gasteiger partial charge in [-0.1, -0.05) is 35.3 Å². The molecule has 0 aliphatic heterocycles. The Morgan fingerprint density at radius 3 is 2.52 bits per heavy atom. The molecular formula is C17H10Cl2N2O2. The van der Waals surface area contributed by atoms with Crippen LogP contribution in [0.1, 0.15) is 5.69 Å². The van der Waals surface area contributed by atoms with Gasteiger partial charge >= 0.3 is 5.63 Å². The van der Waals surface area contributed by atoms with Gasteiger partial charge in [-0.2, -0.15) is 5.10 Å². The molecule has 6 heteroatoms. The summed E-state index contributed by atoms with van der Waals surface area (Å²) in [6.07, 6.45) is 0. The van der Waals surface area contributed by atoms with Crippen LogP contribution in [0.4, 0.5) is 0 Å². The molecule has 0 radical (unpaired) electrons. The van der Waals surface area contributed by atoms with Gasteiger partial charge in [0.05, 0.1) is 16.9 Å². The minimum atomic E-state index is -0.407. The average Bonchev–Trinajstić information content (AvgIpc) is 2.85. The van der Waals surface area contributed by atoms with Crippen LogP contribution in [0.15, 0.2) is 51.7 Å². The van der Waals surface area contributed by atoms with E-state index in [0.29, 0.717) is 37.9 Å². The number of aromatic nitrogens is 2. The summed E-state index contributed by atoms with van der Waals surface area (Å²) in [6, 6.07) is 12.5. The van der Waals surface area contributed by atoms with Crippen LogP contribution in [-0.2, 0) is 0 Å². The molecule has 0 amide bonds. The molecule has 0 saturated carbocycles. The van der Waals surface area contributed by atoms with Crippen molar-refractivity contribution in [3.63, 3.8) is 0 Å². The number of hydrogen-bond donors (Lipinski definition) is 0. The Morgan fingerprint density at radius 1 is 1.09 bits per heavy atom. The molecule has 4 aromatic rings. The van der Waals surface area contributed by atoms with E-state index in [0.717, 1.165) is 5.39 Å². The second-order valence-electron chi connectivity index (χ2n) is 5.23. The molecule has 0 aliphatic rings. The van der Waals surface area contributed by atoms with Crippen LogP contribution in [-0.4, -0.2) is 9.78 Å². The second-order valence-corrected chi connectivity index (χ2v) is 6.11. The lowest BCUT2D eigenvalue weighted by molar-refractivity contribution is 0.569. The lowest BCUT2D eigenvalue weighted by Crippen LogP contribution is -2.01. The summed E-state index contributed by atoms with van der Waals surface area (Å²) in [4.78, 5) is 12.3. The van der Waals surface area contributed by atoms with Crippen LogP contribution in [0.5, 0.6) is 0 Å². The zero-order valence-corrected chi connectivity index (χ0v) is 13.5. The molecule has 0 saturated heterocycles. The molecular weight excluding hydrogens is 335 g/mol. The molecule has 23 heavy (non-hydrogen) atoms. The minimum absolute atomic E-state index is 0.407. The third kappa shape index (κ3) is 2.22. The largest absolute Gasteiger partial charge is 0.422 e. The predicted octanol–water partition coefficient (Wildman–Crippen LogP) is 4.75. The highest BCUT2D eigenvalue weighted by atomic mass is 35.5. The molecule has 0 unspecified atom stereocenters. The van der Waals surface area contributed by atoms with E-state index in [1.54, 1.807) is 35.9 Å². The number of benzene rings is 2. The second kappa shape index (κ2) is 5.11. The Labute approximate surface area is 140 Å². The molecule has 0 N–H and O–H groups in total. The summed E-state index contributed by atoms with van der Waals surface area (Å²) in [7, 11) is 0. The number of hydrogen-bond acceptors (Lipinski definition) is 3. The van der Waals surface area contributed by atoms with E-state index < -0.39 is 5.63 Å². The highest BCUT2D eigenvalue weighted by Crippen LogP contribution is 2.29. The topological polar surface area (TPSA) is 48.0 Å². The van der Waals surface area contributed by atoms with Gasteiger partial charge in [-0.25, -0.2) is 9.48 Å². The minimum Gasteiger partial charge on any atom is -0.422 e. The normalized spacial score (nSPS) is 11.4. The van der Waals surface area contributed by atoms with Gasteiger partial charge in [0, 0.05) is 15.4 Å². The van der Waals surface area contributed by atoms with E-state index in [1.165, 1.54) is 0 Å². The van der Waals surface area contributed by atoms with E-state index in [-0.39, 0.29) is 0 Å². The molecule has 4 nitrogen and oxygen atoms in total. The Kier molecular flexibility index (Phi) is 3.18. The van der Waals surface area contributed by atoms with Gasteiger partial charge < -0.3 is 4.42 Å². The maximum absolute atomic E-state index is 12.3. The molecule has 2 aromatic heterocycles. The van der Waals surface area contributed by atoms with Crippen molar-refractivity contribution >= 4 is 45.1 Å². The summed E-state index contributed by atoms with van der Waals surface area (Å²) in [5, 5.41) is 6.76. The van der Waals surface area contributed by atoms with E-state index in [2.05, 4.69) is 5.10 Å². The Bertz CT molecular complexity index is 1110. The van der Waals surface area contributed by atoms with Crippen molar-refractivity contribution in [3.8, 4) is 5.69 Å². The summed E-state index contributed by atoms with van der Waals surface area (Å²) in [5.41, 5.74) is 2.08. The molecule has 0 fully saturated rings. The highest BCUT2D eigenvalue weighted by molar-refractivity contribution is 6.34. The highest BCUT2D eigenvalue weighted by Gasteiger charge is 2.17. The van der Waals surface area contributed by atoms with Crippen molar-refractivity contribution in [2.24, 2.45) is 0 Å². The maximum atomic E-state index is 12.3. The first kappa shape index (κ1) is 14.3. The van der Waals surface area contributed by atoms with Gasteiger partial charge in [0.25, 0.3) is 0 Å². The number of fused-ring (bicyclic) bond motifs is 3. The quantitative estimate of drug-likeness (QED) is 0.468. The molecule has 0 spiro atoms. The first-order valence-corrected chi connectivity index (χ1v) is 7.68. The Morgan fingerprint density at radius 2 is 1.78 bits per heavy atom. The Balaban J connectivity index is 2.22. The standard InChI is InChI=1S/C17H10Cl2N2O2/c1-9-15-16(13-4-2-3-5-14(13)23-17(15)22)21(20-9)12-7-10(18)6-11(19)8-12/h2-8H,1H3. The third-order valence-electron chi connectivity index (χ3n) is 3.70. The van der Waals surface area contributed by atoms with Crippen molar-refractivity contribution < 1.29 is 4.42 Å². The van der Waals surface area contributed by atoms with Crippen LogP contribution in [0.2, 0.25) is 10.0 Å². The fourth-order valence-electron chi connectivity index (χ4n) is 2.77. The van der Waals surface area contributed by atoms with Crippen molar-refractivity contribution in [2.75, 3.05) is 0 Å². The molecule has 0 bridgehead atoms. The van der Waals surface area contributed by atoms with Crippen LogP contribution in [0.3, 0.4) is 0 Å². The zero-order chi connectivity index (χ0) is 16.1. The summed E-state index contributed by atoms with van der Waals surface area (Å²) in [6.45, 7) is 1.77. The van der Waals surface area contributed by atoms with Crippen molar-refractivity contribution in [1.82, 2.24) is 9.78 Å². The summed E-state index contributed by atoms with van der Waals surface area (Å²) >= 11 is 12.2. The number of halogens is 2. The lowest BCUT2D eigenvalue weighted by Gasteiger charge is -2.06. The summed E-state index contributed by atoms with van der Waals surface area (Å²) < 4.78 is 7.07. The lowest BCUT2D eigenvalue weighted by atomic mass is 10.1. The van der Waals surface area contributed by atoms with Crippen molar-refractivity contribution in [1.29, 1.82) is 0 Å². The zero-order valence-electron chi connectivity index (χ0n) is 12.0. The molecule has 2 aromatic carbocycles. The third-order valence-corrected chi connectivity index (χ3v) is 4.14. The predicted molar refractivity (Wildman–Crippen MR) is 91.9 cm³/mol. The average molecular weight is 345 g/mol. The number of para-hydroxylation sites is 1. The fourth-order valence-corrected chi connectivity index (χ4v) is 3.29. The van der Waals surface area contributed by atoms with Gasteiger partial charge in [-0.05, 0) is 37.3 Å². The van der Waals surface area contributed by atoms with Crippen molar-refractivity contribution in [3.05, 3.63) is 68.6 Å². The van der Waals surface area contributed by atoms with Crippen LogP contribution < -0.4 is 5.63 Å². The number of nitrogens with zero attached hydrogens (tertiary/aromatic N) is 2. The van der Waals surface area contributed by atoms with Gasteiger partial charge in [-0.15, -0.1) is 0 Å². The van der Waals surface area contributed by atoms with E-state index in [1.807, 2.05) is 18.2 Å². The molecule has 114 valence electrons. The molecule has 0 atom stereocenters. The van der Waals surface area contributed by atoms with Crippen LogP contribution >= 0.6 is 23.2 Å². The first-order valence-electron chi connectivity index (χ1n) is 6.92. The monoisotopic (exact) mass is 344 g/mol.